The Kier molecular flexibility index (Phi) is 18.3. The Labute approximate surface area is 410 Å². The van der Waals surface area contributed by atoms with Gasteiger partial charge >= 0.3 is 12.1 Å². The number of esters is 1. The predicted octanol–water partition coefficient (Wildman–Crippen LogP) is 3.72. The highest BCUT2D eigenvalue weighted by molar-refractivity contribution is 7.99. The number of nitrogens with zero attached hydrogens (tertiary/aromatic N) is 3. The van der Waals surface area contributed by atoms with Crippen LogP contribution in [0.15, 0.2) is 46.9 Å². The SMILES string of the molecule is COc1cc2cc(c1Cl)N(C)C(=O)CC(OC(=O)C(C)N(C)C(=O)CCCn1c(O)cc(SCC(N)C(=O)NCCC(C)=O)c1O)C1(C)OC1C(C)C1CC(O)(NC(=O)O1)C(OC)C=CC=C(C)C2. The number of likely N-dealkylation sites (N-methyl/N-ethyl adjacent to an activating group) is 1. The molecule has 4 amide bonds. The topological polar surface area (TPSA) is 274 Å². The number of ether oxygens (including phenoxy) is 5. The van der Waals surface area contributed by atoms with Crippen LogP contribution in [0.4, 0.5) is 10.5 Å². The number of ketones is 1. The van der Waals surface area contributed by atoms with E-state index in [4.69, 9.17) is 41.0 Å². The second kappa shape index (κ2) is 23.1. The molecule has 3 aliphatic rings. The maximum absolute atomic E-state index is 14.3. The second-order valence-electron chi connectivity index (χ2n) is 18.0. The summed E-state index contributed by atoms with van der Waals surface area (Å²) in [5.74, 6) is -3.13. The average molecular weight is 1010 g/mol. The number of nitrogens with one attached hydrogen (secondary N) is 2. The third-order valence-corrected chi connectivity index (χ3v) is 14.4. The Balaban J connectivity index is 1.32. The van der Waals surface area contributed by atoms with Gasteiger partial charge in [0, 0.05) is 71.3 Å². The molecule has 0 saturated carbocycles. The normalized spacial score (nSPS) is 25.8. The lowest BCUT2D eigenvalue weighted by Crippen LogP contribution is -2.63. The predicted molar refractivity (Wildman–Crippen MR) is 255 cm³/mol. The van der Waals surface area contributed by atoms with Crippen molar-refractivity contribution in [3.63, 3.8) is 0 Å². The minimum Gasteiger partial charge on any atom is -0.495 e. The Hall–Kier alpha value is -5.32. The number of Topliss-reactive ketones (excluding diaryl/α,β-unsaturated/α-hetero) is 1. The standard InChI is InChI=1S/C47H65ClN6O14S/c1-25-12-10-13-35(65-9)47(63)23-33(66-45(62)51-47)27(3)41-46(5,68-41)36(22-38(57)53(7)31-19-29(18-25)20-32(64-8)40(31)48)67-44(61)28(4)52(6)37(56)14-11-17-54-39(58)21-34(43(54)60)69-24-30(49)42(59)50-16-15-26(2)55/h10,12-13,19-21,27-28,30,33,35-36,41,58,60,63H,11,14-18,22-24,49H2,1-9H3,(H,50,59)(H,51,62). The van der Waals surface area contributed by atoms with Crippen molar-refractivity contribution in [3.05, 3.63) is 52.6 Å². The number of benzene rings is 1. The summed E-state index contributed by atoms with van der Waals surface area (Å²) in [5, 5.41) is 38.5. The molecule has 7 N–H and O–H groups in total. The lowest BCUT2D eigenvalue weighted by Gasteiger charge is -2.42. The molecule has 2 aromatic rings. The first-order valence-electron chi connectivity index (χ1n) is 22.6. The Morgan fingerprint density at radius 2 is 1.87 bits per heavy atom. The van der Waals surface area contributed by atoms with Gasteiger partial charge in [0.25, 0.3) is 0 Å². The summed E-state index contributed by atoms with van der Waals surface area (Å²) >= 11 is 7.85. The third kappa shape index (κ3) is 13.1. The van der Waals surface area contributed by atoms with Crippen molar-refractivity contribution in [2.75, 3.05) is 45.5 Å². The minimum atomic E-state index is -1.89. The van der Waals surface area contributed by atoms with E-state index < -0.39 is 89.9 Å². The van der Waals surface area contributed by atoms with E-state index in [1.54, 1.807) is 38.1 Å². The molecule has 3 aliphatic heterocycles. The summed E-state index contributed by atoms with van der Waals surface area (Å²) in [6.07, 6.45) is 0.515. The number of rotatable bonds is 16. The number of fused-ring (bicyclic) bond motifs is 5. The number of hydrogen-bond donors (Lipinski definition) is 6. The van der Waals surface area contributed by atoms with Crippen molar-refractivity contribution in [2.45, 2.75) is 132 Å². The van der Waals surface area contributed by atoms with Gasteiger partial charge in [-0.05, 0) is 58.2 Å². The summed E-state index contributed by atoms with van der Waals surface area (Å²) in [6.45, 7) is 8.38. The lowest BCUT2D eigenvalue weighted by molar-refractivity contribution is -0.162. The van der Waals surface area contributed by atoms with Gasteiger partial charge in [-0.15, -0.1) is 11.8 Å². The Morgan fingerprint density at radius 3 is 2.54 bits per heavy atom. The number of halogens is 1. The number of hydrogen-bond acceptors (Lipinski definition) is 16. The van der Waals surface area contributed by atoms with E-state index in [0.717, 1.165) is 22.9 Å². The molecule has 0 aliphatic carbocycles. The molecule has 1 aromatic heterocycles. The zero-order valence-electron chi connectivity index (χ0n) is 40.4. The summed E-state index contributed by atoms with van der Waals surface area (Å²) < 4.78 is 30.5. The molecule has 4 heterocycles. The number of aromatic hydroxyl groups is 2. The number of carbonyl (C=O) groups excluding carboxylic acids is 6. The first-order valence-corrected chi connectivity index (χ1v) is 23.9. The number of carbonyl (C=O) groups is 6. The van der Waals surface area contributed by atoms with Crippen molar-refractivity contribution in [2.24, 2.45) is 11.7 Å². The highest BCUT2D eigenvalue weighted by Gasteiger charge is 2.64. The first kappa shape index (κ1) is 54.6. The number of anilines is 1. The molecule has 0 spiro atoms. The van der Waals surface area contributed by atoms with E-state index in [1.165, 1.54) is 62.6 Å². The number of alkyl carbamates (subject to hydrolysis) is 1. The van der Waals surface area contributed by atoms with Crippen LogP contribution >= 0.6 is 23.4 Å². The van der Waals surface area contributed by atoms with Crippen LogP contribution in [0.1, 0.15) is 72.3 Å². The van der Waals surface area contributed by atoms with Gasteiger partial charge < -0.3 is 59.9 Å². The van der Waals surface area contributed by atoms with E-state index in [9.17, 15) is 44.1 Å². The molecule has 5 rings (SSSR count). The average Bonchev–Trinajstić information content (AvgIpc) is 3.92. The molecule has 1 aromatic carbocycles. The van der Waals surface area contributed by atoms with Crippen LogP contribution in [-0.2, 0) is 55.9 Å². The van der Waals surface area contributed by atoms with E-state index in [0.29, 0.717) is 17.9 Å². The molecule has 380 valence electrons. The molecule has 2 saturated heterocycles. The number of methoxy groups -OCH3 is 2. The van der Waals surface area contributed by atoms with Crippen LogP contribution in [0.5, 0.6) is 17.5 Å². The van der Waals surface area contributed by atoms with Gasteiger partial charge in [-0.3, -0.25) is 29.1 Å². The van der Waals surface area contributed by atoms with E-state index >= 15 is 0 Å². The molecular formula is C47H65ClN6O14S. The van der Waals surface area contributed by atoms with Crippen LogP contribution in [-0.4, -0.2) is 149 Å². The van der Waals surface area contributed by atoms with Crippen LogP contribution in [0.25, 0.3) is 0 Å². The fourth-order valence-electron chi connectivity index (χ4n) is 8.36. The molecule has 69 heavy (non-hydrogen) atoms. The summed E-state index contributed by atoms with van der Waals surface area (Å²) in [7, 11) is 5.83. The number of aliphatic hydroxyl groups is 1. The van der Waals surface area contributed by atoms with Crippen molar-refractivity contribution >= 4 is 64.6 Å². The van der Waals surface area contributed by atoms with Crippen molar-refractivity contribution in [1.82, 2.24) is 20.1 Å². The zero-order valence-corrected chi connectivity index (χ0v) is 42.0. The number of epoxide rings is 1. The molecule has 20 nitrogen and oxygen atoms in total. The molecular weight excluding hydrogens is 940 g/mol. The Bertz CT molecular complexity index is 2330. The lowest BCUT2D eigenvalue weighted by atomic mass is 9.83. The van der Waals surface area contributed by atoms with Crippen LogP contribution in [0.3, 0.4) is 0 Å². The van der Waals surface area contributed by atoms with Gasteiger partial charge in [0.15, 0.2) is 11.6 Å². The first-order chi connectivity index (χ1) is 32.4. The van der Waals surface area contributed by atoms with Crippen molar-refractivity contribution in [3.8, 4) is 17.5 Å². The van der Waals surface area contributed by atoms with Gasteiger partial charge in [-0.25, -0.2) is 9.59 Å². The number of thioether (sulfide) groups is 1. The summed E-state index contributed by atoms with van der Waals surface area (Å²) in [5.41, 5.74) is 4.76. The molecule has 22 heteroatoms. The fourth-order valence-corrected chi connectivity index (χ4v) is 9.61. The Morgan fingerprint density at radius 1 is 1.16 bits per heavy atom. The van der Waals surface area contributed by atoms with Gasteiger partial charge in [-0.2, -0.15) is 0 Å². The van der Waals surface area contributed by atoms with Gasteiger partial charge in [0.1, 0.15) is 46.5 Å². The maximum atomic E-state index is 14.3. The van der Waals surface area contributed by atoms with Gasteiger partial charge in [0.2, 0.25) is 23.6 Å². The van der Waals surface area contributed by atoms with Gasteiger partial charge in [-0.1, -0.05) is 42.3 Å². The number of allylic oxidation sites excluding steroid dienone is 3. The molecule has 0 radical (unpaired) electrons. The van der Waals surface area contributed by atoms with E-state index in [-0.39, 0.29) is 72.0 Å². The zero-order chi connectivity index (χ0) is 51.1. The molecule has 9 unspecified atom stereocenters. The van der Waals surface area contributed by atoms with E-state index in [1.807, 2.05) is 13.0 Å². The number of nitrogens with two attached hydrogens (primary N) is 1. The minimum absolute atomic E-state index is 0.0168. The van der Waals surface area contributed by atoms with Crippen molar-refractivity contribution in [1.29, 1.82) is 0 Å². The summed E-state index contributed by atoms with van der Waals surface area (Å²) in [4.78, 5) is 81.1. The quantitative estimate of drug-likeness (QED) is 0.0795. The van der Waals surface area contributed by atoms with Crippen LogP contribution in [0.2, 0.25) is 5.02 Å². The molecule has 9 atom stereocenters. The van der Waals surface area contributed by atoms with Crippen LogP contribution < -0.4 is 26.0 Å². The van der Waals surface area contributed by atoms with Gasteiger partial charge in [0.05, 0.1) is 36.3 Å². The monoisotopic (exact) mass is 1000 g/mol. The maximum Gasteiger partial charge on any atom is 0.409 e. The largest absolute Gasteiger partial charge is 0.495 e. The summed E-state index contributed by atoms with van der Waals surface area (Å²) in [6, 6.07) is 2.72. The highest BCUT2D eigenvalue weighted by Crippen LogP contribution is 2.49. The number of amides is 4. The molecule has 2 fully saturated rings. The third-order valence-electron chi connectivity index (χ3n) is 12.8. The highest BCUT2D eigenvalue weighted by atomic mass is 35.5. The van der Waals surface area contributed by atoms with Crippen LogP contribution in [0, 0.1) is 5.92 Å². The van der Waals surface area contributed by atoms with E-state index in [2.05, 4.69) is 10.6 Å². The smallest absolute Gasteiger partial charge is 0.409 e. The fraction of sp³-hybridized carbons (Fsp3) is 0.574. The second-order valence-corrected chi connectivity index (χ2v) is 19.4. The van der Waals surface area contributed by atoms with Crippen molar-refractivity contribution < 1.29 is 67.8 Å². The number of aromatic nitrogens is 1. The molecule has 4 bridgehead atoms.